The molecule has 1 amide bonds. The minimum Gasteiger partial charge on any atom is -0.380 e. The van der Waals surface area contributed by atoms with E-state index in [1.807, 2.05) is 6.92 Å². The number of carbonyl (C=O) groups excluding carboxylic acids is 1. The van der Waals surface area contributed by atoms with Crippen molar-refractivity contribution in [3.05, 3.63) is 58.1 Å². The molecule has 9 nitrogen and oxygen atoms in total. The Morgan fingerprint density at radius 2 is 1.69 bits per heavy atom. The molecule has 0 aromatic heterocycles. The van der Waals surface area contributed by atoms with Crippen LogP contribution in [0.25, 0.3) is 0 Å². The number of anilines is 2. The van der Waals surface area contributed by atoms with Crippen molar-refractivity contribution in [1.82, 2.24) is 4.31 Å². The lowest BCUT2D eigenvalue weighted by Crippen LogP contribution is -2.30. The van der Waals surface area contributed by atoms with Crippen LogP contribution in [0.4, 0.5) is 17.1 Å². The summed E-state index contributed by atoms with van der Waals surface area (Å²) in [6.07, 6.45) is 0. The Balaban J connectivity index is 2.21. The zero-order chi connectivity index (χ0) is 21.6. The molecule has 0 spiro atoms. The molecule has 0 aliphatic carbocycles. The van der Waals surface area contributed by atoms with Crippen LogP contribution < -0.4 is 10.6 Å². The van der Waals surface area contributed by atoms with Gasteiger partial charge in [0.05, 0.1) is 9.82 Å². The number of nitrogens with zero attached hydrogens (tertiary/aromatic N) is 2. The Labute approximate surface area is 169 Å². The van der Waals surface area contributed by atoms with E-state index in [1.165, 1.54) is 46.8 Å². The summed E-state index contributed by atoms with van der Waals surface area (Å²) >= 11 is 0. The smallest absolute Gasteiger partial charge is 0.293 e. The molecule has 0 atom stereocenters. The molecular weight excluding hydrogens is 396 g/mol. The molecule has 0 unspecified atom stereocenters. The van der Waals surface area contributed by atoms with Gasteiger partial charge in [-0.05, 0) is 43.3 Å². The van der Waals surface area contributed by atoms with Crippen LogP contribution in [0.2, 0.25) is 0 Å². The van der Waals surface area contributed by atoms with Crippen molar-refractivity contribution >= 4 is 33.0 Å². The number of carbonyl (C=O) groups is 1. The molecule has 0 saturated heterocycles. The van der Waals surface area contributed by atoms with Gasteiger partial charge in [-0.1, -0.05) is 13.8 Å². The van der Waals surface area contributed by atoms with Gasteiger partial charge in [0.25, 0.3) is 11.6 Å². The highest BCUT2D eigenvalue weighted by atomic mass is 32.2. The molecule has 2 rings (SSSR count). The number of amides is 1. The van der Waals surface area contributed by atoms with Gasteiger partial charge < -0.3 is 10.6 Å². The third-order valence-electron chi connectivity index (χ3n) is 4.28. The van der Waals surface area contributed by atoms with Crippen LogP contribution in [0, 0.1) is 10.1 Å². The van der Waals surface area contributed by atoms with Crippen LogP contribution >= 0.6 is 0 Å². The number of nitrogens with one attached hydrogen (secondary N) is 2. The first-order valence-electron chi connectivity index (χ1n) is 9.18. The molecule has 2 N–H and O–H groups in total. The molecule has 29 heavy (non-hydrogen) atoms. The van der Waals surface area contributed by atoms with E-state index in [4.69, 9.17) is 0 Å². The van der Waals surface area contributed by atoms with Crippen molar-refractivity contribution in [1.29, 1.82) is 0 Å². The fourth-order valence-corrected chi connectivity index (χ4v) is 4.25. The average molecular weight is 420 g/mol. The van der Waals surface area contributed by atoms with Crippen molar-refractivity contribution in [3.8, 4) is 0 Å². The Morgan fingerprint density at radius 3 is 2.21 bits per heavy atom. The molecule has 2 aromatic carbocycles. The van der Waals surface area contributed by atoms with Crippen LogP contribution in [0.3, 0.4) is 0 Å². The van der Waals surface area contributed by atoms with E-state index < -0.39 is 20.9 Å². The Bertz CT molecular complexity index is 986. The van der Waals surface area contributed by atoms with Crippen molar-refractivity contribution in [2.75, 3.05) is 30.3 Å². The number of nitro benzene ring substituents is 1. The number of sulfonamides is 1. The van der Waals surface area contributed by atoms with Gasteiger partial charge in [0, 0.05) is 37.0 Å². The highest BCUT2D eigenvalue weighted by molar-refractivity contribution is 7.89. The summed E-state index contributed by atoms with van der Waals surface area (Å²) in [5.74, 6) is -0.532. The van der Waals surface area contributed by atoms with Gasteiger partial charge in [0.15, 0.2) is 0 Å². The van der Waals surface area contributed by atoms with E-state index in [9.17, 15) is 23.3 Å². The maximum Gasteiger partial charge on any atom is 0.293 e. The van der Waals surface area contributed by atoms with E-state index >= 15 is 0 Å². The maximum absolute atomic E-state index is 12.5. The highest BCUT2D eigenvalue weighted by Gasteiger charge is 2.21. The summed E-state index contributed by atoms with van der Waals surface area (Å²) < 4.78 is 26.3. The number of benzene rings is 2. The lowest BCUT2D eigenvalue weighted by molar-refractivity contribution is -0.384. The predicted octanol–water partition coefficient (Wildman–Crippen LogP) is 3.31. The minimum atomic E-state index is -3.59. The van der Waals surface area contributed by atoms with Crippen molar-refractivity contribution < 1.29 is 18.1 Å². The quantitative estimate of drug-likeness (QED) is 0.474. The van der Waals surface area contributed by atoms with E-state index in [0.29, 0.717) is 31.0 Å². The van der Waals surface area contributed by atoms with E-state index in [2.05, 4.69) is 10.6 Å². The van der Waals surface area contributed by atoms with Gasteiger partial charge in [-0.2, -0.15) is 4.31 Å². The summed E-state index contributed by atoms with van der Waals surface area (Å²) in [4.78, 5) is 23.3. The lowest BCUT2D eigenvalue weighted by Gasteiger charge is -2.18. The molecule has 0 aliphatic heterocycles. The second kappa shape index (κ2) is 9.48. The van der Waals surface area contributed by atoms with E-state index in [-0.39, 0.29) is 16.1 Å². The van der Waals surface area contributed by atoms with Gasteiger partial charge in [-0.15, -0.1) is 0 Å². The number of nitro groups is 1. The Hall–Kier alpha value is -2.98. The van der Waals surface area contributed by atoms with Gasteiger partial charge in [-0.25, -0.2) is 8.42 Å². The van der Waals surface area contributed by atoms with Gasteiger partial charge in [0.2, 0.25) is 10.0 Å². The number of hydrogen-bond donors (Lipinski definition) is 2. The average Bonchev–Trinajstić information content (AvgIpc) is 2.69. The molecule has 0 fully saturated rings. The largest absolute Gasteiger partial charge is 0.380 e. The molecule has 0 bridgehead atoms. The maximum atomic E-state index is 12.5. The van der Waals surface area contributed by atoms with Crippen LogP contribution in [0.15, 0.2) is 47.4 Å². The molecule has 0 saturated carbocycles. The monoisotopic (exact) mass is 420 g/mol. The zero-order valence-corrected chi connectivity index (χ0v) is 17.3. The number of hydrogen-bond acceptors (Lipinski definition) is 6. The van der Waals surface area contributed by atoms with E-state index in [1.54, 1.807) is 13.8 Å². The fourth-order valence-electron chi connectivity index (χ4n) is 2.79. The molecule has 0 aliphatic rings. The van der Waals surface area contributed by atoms with Gasteiger partial charge in [0.1, 0.15) is 5.69 Å². The van der Waals surface area contributed by atoms with E-state index in [0.717, 1.165) is 0 Å². The summed E-state index contributed by atoms with van der Waals surface area (Å²) in [6, 6.07) is 9.97. The van der Waals surface area contributed by atoms with Crippen LogP contribution in [0.1, 0.15) is 31.1 Å². The normalized spacial score (nSPS) is 11.3. The molecular formula is C19H24N4O5S. The Kier molecular flexibility index (Phi) is 7.29. The molecule has 0 radical (unpaired) electrons. The topological polar surface area (TPSA) is 122 Å². The first-order chi connectivity index (χ1) is 13.7. The van der Waals surface area contributed by atoms with Crippen LogP contribution in [-0.2, 0) is 10.0 Å². The Morgan fingerprint density at radius 1 is 1.07 bits per heavy atom. The second-order valence-corrected chi connectivity index (χ2v) is 8.03. The molecule has 10 heteroatoms. The second-order valence-electron chi connectivity index (χ2n) is 6.09. The zero-order valence-electron chi connectivity index (χ0n) is 16.5. The van der Waals surface area contributed by atoms with Gasteiger partial charge >= 0.3 is 0 Å². The summed E-state index contributed by atoms with van der Waals surface area (Å²) in [5, 5.41) is 16.7. The van der Waals surface area contributed by atoms with Crippen molar-refractivity contribution in [3.63, 3.8) is 0 Å². The highest BCUT2D eigenvalue weighted by Crippen LogP contribution is 2.26. The third-order valence-corrected chi connectivity index (χ3v) is 6.34. The van der Waals surface area contributed by atoms with Crippen molar-refractivity contribution in [2.45, 2.75) is 25.7 Å². The first-order valence-corrected chi connectivity index (χ1v) is 10.6. The molecule has 156 valence electrons. The fraction of sp³-hybridized carbons (Fsp3) is 0.316. The van der Waals surface area contributed by atoms with Crippen molar-refractivity contribution in [2.24, 2.45) is 0 Å². The standard InChI is InChI=1S/C19H24N4O5S/c1-4-20-17-12-7-14(13-18(17)23(25)26)19(24)21-15-8-10-16(11-9-15)29(27,28)22(5-2)6-3/h7-13,20H,4-6H2,1-3H3,(H,21,24). The SMILES string of the molecule is CCNc1ccc(C(=O)Nc2ccc(S(=O)(=O)N(CC)CC)cc2)cc1[N+](=O)[O-]. The minimum absolute atomic E-state index is 0.123. The third kappa shape index (κ3) is 5.09. The first kappa shape index (κ1) is 22.3. The van der Waals surface area contributed by atoms with Gasteiger partial charge in [-0.3, -0.25) is 14.9 Å². The number of rotatable bonds is 9. The van der Waals surface area contributed by atoms with Crippen LogP contribution in [0.5, 0.6) is 0 Å². The molecule has 0 heterocycles. The predicted molar refractivity (Wildman–Crippen MR) is 112 cm³/mol. The molecule has 2 aromatic rings. The summed E-state index contributed by atoms with van der Waals surface area (Å²) in [6.45, 7) is 6.56. The lowest BCUT2D eigenvalue weighted by atomic mass is 10.1. The summed E-state index contributed by atoms with van der Waals surface area (Å²) in [7, 11) is -3.59. The summed E-state index contributed by atoms with van der Waals surface area (Å²) in [5.41, 5.74) is 0.644. The van der Waals surface area contributed by atoms with Crippen LogP contribution in [-0.4, -0.2) is 43.2 Å².